The predicted molar refractivity (Wildman–Crippen MR) is 98.2 cm³/mol. The van der Waals surface area contributed by atoms with Crippen LogP contribution in [-0.2, 0) is 0 Å². The van der Waals surface area contributed by atoms with Gasteiger partial charge in [-0.3, -0.25) is 0 Å². The molecule has 0 atom stereocenters. The molecule has 1 heteroatoms. The highest BCUT2D eigenvalue weighted by Crippen LogP contribution is 2.43. The Morgan fingerprint density at radius 1 is 0.565 bits per heavy atom. The van der Waals surface area contributed by atoms with Crippen LogP contribution in [0.2, 0.25) is 0 Å². The van der Waals surface area contributed by atoms with E-state index in [0.717, 1.165) is 11.3 Å². The summed E-state index contributed by atoms with van der Waals surface area (Å²) in [5.41, 5.74) is 2.33. The average Bonchev–Trinajstić information content (AvgIpc) is 2.89. The minimum Gasteiger partial charge on any atom is -0.461 e. The van der Waals surface area contributed by atoms with Crippen LogP contribution in [0.3, 0.4) is 0 Å². The molecule has 1 aromatic heterocycles. The van der Waals surface area contributed by atoms with E-state index >= 15 is 0 Å². The van der Waals surface area contributed by atoms with Crippen molar-refractivity contribution >= 4 is 43.3 Å². The fourth-order valence-electron chi connectivity index (χ4n) is 3.92. The molecule has 0 aliphatic carbocycles. The van der Waals surface area contributed by atoms with Crippen molar-refractivity contribution in [3.8, 4) is 0 Å². The molecular formula is C22H16O. The van der Waals surface area contributed by atoms with Crippen LogP contribution in [0, 0.1) is 13.8 Å². The van der Waals surface area contributed by atoms with Gasteiger partial charge in [-0.1, -0.05) is 48.5 Å². The molecule has 4 aromatic carbocycles. The third-order valence-electron chi connectivity index (χ3n) is 4.93. The van der Waals surface area contributed by atoms with Crippen molar-refractivity contribution in [3.63, 3.8) is 0 Å². The summed E-state index contributed by atoms with van der Waals surface area (Å²) in [6.07, 6.45) is 0. The van der Waals surface area contributed by atoms with Gasteiger partial charge in [0.2, 0.25) is 0 Å². The third kappa shape index (κ3) is 1.57. The van der Waals surface area contributed by atoms with Gasteiger partial charge in [-0.15, -0.1) is 0 Å². The molecule has 23 heavy (non-hydrogen) atoms. The molecule has 0 saturated heterocycles. The number of rotatable bonds is 0. The molecule has 5 aromatic rings. The van der Waals surface area contributed by atoms with E-state index in [9.17, 15) is 0 Å². The van der Waals surface area contributed by atoms with E-state index in [-0.39, 0.29) is 0 Å². The molecule has 1 nitrogen and oxygen atoms in total. The van der Waals surface area contributed by atoms with Gasteiger partial charge in [0.05, 0.1) is 0 Å². The van der Waals surface area contributed by atoms with E-state index in [0.29, 0.717) is 0 Å². The lowest BCUT2D eigenvalue weighted by Crippen LogP contribution is -1.82. The number of hydrogen-bond donors (Lipinski definition) is 0. The number of benzene rings is 3. The van der Waals surface area contributed by atoms with E-state index < -0.39 is 0 Å². The summed E-state index contributed by atoms with van der Waals surface area (Å²) in [5.74, 6) is 0.941. The normalized spacial score (nSPS) is 11.9. The fraction of sp³-hybridized carbons (Fsp3) is 0.0909. The maximum Gasteiger partial charge on any atom is 0.142 e. The van der Waals surface area contributed by atoms with E-state index in [1.54, 1.807) is 0 Å². The molecule has 0 spiro atoms. The number of hydrogen-bond acceptors (Lipinski definition) is 1. The first-order valence-corrected chi connectivity index (χ1v) is 7.97. The Labute approximate surface area is 134 Å². The molecule has 0 unspecified atom stereocenters. The molecule has 5 rings (SSSR count). The molecule has 0 radical (unpaired) electrons. The van der Waals surface area contributed by atoms with E-state index in [1.165, 1.54) is 43.3 Å². The van der Waals surface area contributed by atoms with Crippen molar-refractivity contribution in [1.82, 2.24) is 0 Å². The van der Waals surface area contributed by atoms with E-state index in [1.807, 2.05) is 6.92 Å². The fourth-order valence-corrected chi connectivity index (χ4v) is 3.92. The molecule has 110 valence electrons. The van der Waals surface area contributed by atoms with Crippen LogP contribution in [0.25, 0.3) is 43.3 Å². The lowest BCUT2D eigenvalue weighted by Gasteiger charge is -2.08. The highest BCUT2D eigenvalue weighted by molar-refractivity contribution is 6.33. The summed E-state index contributed by atoms with van der Waals surface area (Å²) < 4.78 is 6.13. The van der Waals surface area contributed by atoms with Crippen molar-refractivity contribution in [2.24, 2.45) is 0 Å². The minimum absolute atomic E-state index is 0.941. The zero-order valence-corrected chi connectivity index (χ0v) is 13.2. The van der Waals surface area contributed by atoms with Crippen LogP contribution in [-0.4, -0.2) is 0 Å². The highest BCUT2D eigenvalue weighted by Gasteiger charge is 2.17. The summed E-state index contributed by atoms with van der Waals surface area (Å²) in [5, 5.41) is 9.00. The Kier molecular flexibility index (Phi) is 2.41. The topological polar surface area (TPSA) is 13.1 Å². The largest absolute Gasteiger partial charge is 0.461 e. The molecule has 0 aliphatic heterocycles. The predicted octanol–water partition coefficient (Wildman–Crippen LogP) is 6.51. The molecule has 0 aliphatic rings. The monoisotopic (exact) mass is 296 g/mol. The van der Waals surface area contributed by atoms with Crippen molar-refractivity contribution in [1.29, 1.82) is 0 Å². The first-order chi connectivity index (χ1) is 11.3. The summed E-state index contributed by atoms with van der Waals surface area (Å²) in [4.78, 5) is 0. The standard InChI is InChI=1S/C22H16O/c1-13-11-12-19-20-14(2)15-7-3-4-8-16(15)21(20)17-9-5-6-10-18(17)22(19)23-13/h3-12H,1-2H3. The lowest BCUT2D eigenvalue weighted by molar-refractivity contribution is 0.569. The molecule has 0 amide bonds. The van der Waals surface area contributed by atoms with Crippen molar-refractivity contribution in [2.75, 3.05) is 0 Å². The molecular weight excluding hydrogens is 280 g/mol. The van der Waals surface area contributed by atoms with Gasteiger partial charge in [0.15, 0.2) is 0 Å². The van der Waals surface area contributed by atoms with Gasteiger partial charge < -0.3 is 4.42 Å². The number of fused-ring (bicyclic) bond motifs is 8. The Morgan fingerprint density at radius 2 is 1.17 bits per heavy atom. The summed E-state index contributed by atoms with van der Waals surface area (Å²) in [7, 11) is 0. The van der Waals surface area contributed by atoms with Crippen LogP contribution in [0.5, 0.6) is 0 Å². The van der Waals surface area contributed by atoms with Gasteiger partial charge in [-0.2, -0.15) is 0 Å². The van der Waals surface area contributed by atoms with Crippen LogP contribution in [0.1, 0.15) is 11.3 Å². The first kappa shape index (κ1) is 12.7. The second-order valence-electron chi connectivity index (χ2n) is 6.26. The van der Waals surface area contributed by atoms with Gasteiger partial charge in [-0.25, -0.2) is 0 Å². The maximum atomic E-state index is 6.13. The Hall–Kier alpha value is -2.80. The van der Waals surface area contributed by atoms with Crippen LogP contribution < -0.4 is 0 Å². The zero-order chi connectivity index (χ0) is 15.6. The molecule has 0 N–H and O–H groups in total. The zero-order valence-electron chi connectivity index (χ0n) is 13.2. The van der Waals surface area contributed by atoms with E-state index in [4.69, 9.17) is 4.42 Å². The summed E-state index contributed by atoms with van der Waals surface area (Å²) in [6.45, 7) is 4.23. The van der Waals surface area contributed by atoms with Crippen LogP contribution >= 0.6 is 0 Å². The maximum absolute atomic E-state index is 6.13. The molecule has 1 heterocycles. The van der Waals surface area contributed by atoms with Crippen molar-refractivity contribution < 1.29 is 4.42 Å². The number of aryl methyl sites for hydroxylation is 2. The molecule has 0 bridgehead atoms. The Balaban J connectivity index is 2.26. The SMILES string of the molecule is Cc1ccc2c(o1)c1ccccc1c1c3ccccc3c(C)c21. The summed E-state index contributed by atoms with van der Waals surface area (Å²) >= 11 is 0. The van der Waals surface area contributed by atoms with Gasteiger partial charge >= 0.3 is 0 Å². The Bertz CT molecular complexity index is 1220. The second kappa shape index (κ2) is 4.36. The highest BCUT2D eigenvalue weighted by atomic mass is 16.3. The van der Waals surface area contributed by atoms with Crippen molar-refractivity contribution in [2.45, 2.75) is 13.8 Å². The second-order valence-corrected chi connectivity index (χ2v) is 6.26. The lowest BCUT2D eigenvalue weighted by atomic mass is 9.99. The smallest absolute Gasteiger partial charge is 0.142 e. The Morgan fingerprint density at radius 3 is 1.91 bits per heavy atom. The van der Waals surface area contributed by atoms with Gasteiger partial charge in [-0.05, 0) is 58.5 Å². The van der Waals surface area contributed by atoms with Crippen LogP contribution in [0.15, 0.2) is 65.1 Å². The van der Waals surface area contributed by atoms with E-state index in [2.05, 4.69) is 67.6 Å². The molecule has 0 saturated carbocycles. The third-order valence-corrected chi connectivity index (χ3v) is 4.93. The van der Waals surface area contributed by atoms with Gasteiger partial charge in [0, 0.05) is 10.8 Å². The van der Waals surface area contributed by atoms with Crippen molar-refractivity contribution in [3.05, 3.63) is 72.0 Å². The first-order valence-electron chi connectivity index (χ1n) is 7.97. The van der Waals surface area contributed by atoms with Gasteiger partial charge in [0.1, 0.15) is 11.3 Å². The summed E-state index contributed by atoms with van der Waals surface area (Å²) in [6, 6.07) is 21.5. The minimum atomic E-state index is 0.941. The molecule has 0 fully saturated rings. The van der Waals surface area contributed by atoms with Crippen LogP contribution in [0.4, 0.5) is 0 Å². The van der Waals surface area contributed by atoms with Gasteiger partial charge in [0.25, 0.3) is 0 Å². The average molecular weight is 296 g/mol. The quantitative estimate of drug-likeness (QED) is 0.297.